The van der Waals surface area contributed by atoms with Gasteiger partial charge in [0.05, 0.1) is 13.2 Å². The summed E-state index contributed by atoms with van der Waals surface area (Å²) < 4.78 is 6.15. The van der Waals surface area contributed by atoms with Crippen molar-refractivity contribution in [1.29, 1.82) is 0 Å². The average Bonchev–Trinajstić information content (AvgIpc) is 2.40. The summed E-state index contributed by atoms with van der Waals surface area (Å²) in [6, 6.07) is 0. The molecule has 0 bridgehead atoms. The molecule has 1 aliphatic carbocycles. The minimum atomic E-state index is 0.777. The van der Waals surface area contributed by atoms with E-state index in [1.807, 2.05) is 0 Å². The van der Waals surface area contributed by atoms with Crippen LogP contribution in [0.1, 0.15) is 24.1 Å². The molecule has 4 nitrogen and oxygen atoms in total. The van der Waals surface area contributed by atoms with Crippen LogP contribution in [0.4, 0.5) is 5.95 Å². The summed E-state index contributed by atoms with van der Waals surface area (Å²) in [5.74, 6) is 0.930. The van der Waals surface area contributed by atoms with Crippen molar-refractivity contribution in [2.75, 3.05) is 31.2 Å². The van der Waals surface area contributed by atoms with Crippen LogP contribution in [0.2, 0.25) is 0 Å². The Morgan fingerprint density at radius 3 is 2.76 bits per heavy atom. The van der Waals surface area contributed by atoms with E-state index >= 15 is 0 Å². The van der Waals surface area contributed by atoms with Gasteiger partial charge < -0.3 is 14.6 Å². The molecule has 1 aromatic rings. The smallest absolute Gasteiger partial charge is 0.204 e. The molecule has 0 spiro atoms. The van der Waals surface area contributed by atoms with Gasteiger partial charge in [0.25, 0.3) is 0 Å². The first-order chi connectivity index (χ1) is 8.34. The van der Waals surface area contributed by atoms with Gasteiger partial charge in [-0.3, -0.25) is 0 Å². The fraction of sp³-hybridized carbons (Fsp3) is 0.667. The molecular formula is C12H17N3OS. The zero-order valence-electron chi connectivity index (χ0n) is 9.87. The van der Waals surface area contributed by atoms with Gasteiger partial charge in [0.15, 0.2) is 0 Å². The maximum absolute atomic E-state index is 5.41. The van der Waals surface area contributed by atoms with E-state index in [0.29, 0.717) is 0 Å². The van der Waals surface area contributed by atoms with Gasteiger partial charge in [-0.15, -0.1) is 0 Å². The number of rotatable bonds is 1. The van der Waals surface area contributed by atoms with Crippen LogP contribution < -0.4 is 4.90 Å². The Morgan fingerprint density at radius 1 is 1.18 bits per heavy atom. The van der Waals surface area contributed by atoms with E-state index in [4.69, 9.17) is 17.0 Å². The average molecular weight is 251 g/mol. The summed E-state index contributed by atoms with van der Waals surface area (Å²) in [6.45, 7) is 3.35. The number of hydrogen-bond acceptors (Lipinski definition) is 4. The van der Waals surface area contributed by atoms with E-state index in [9.17, 15) is 0 Å². The lowest BCUT2D eigenvalue weighted by Crippen LogP contribution is -2.37. The van der Waals surface area contributed by atoms with E-state index in [1.165, 1.54) is 24.1 Å². The molecule has 0 radical (unpaired) electrons. The Balaban J connectivity index is 1.95. The fourth-order valence-corrected chi connectivity index (χ4v) is 2.84. The van der Waals surface area contributed by atoms with E-state index < -0.39 is 0 Å². The first kappa shape index (κ1) is 11.2. The number of ether oxygens (including phenoxy) is 1. The lowest BCUT2D eigenvalue weighted by atomic mass is 9.98. The molecule has 1 N–H and O–H groups in total. The van der Waals surface area contributed by atoms with Crippen molar-refractivity contribution in [3.8, 4) is 0 Å². The molecule has 5 heteroatoms. The van der Waals surface area contributed by atoms with Crippen LogP contribution in [0.15, 0.2) is 0 Å². The second kappa shape index (κ2) is 4.74. The summed E-state index contributed by atoms with van der Waals surface area (Å²) in [6.07, 6.45) is 4.69. The zero-order chi connectivity index (χ0) is 11.7. The highest BCUT2D eigenvalue weighted by atomic mass is 32.1. The summed E-state index contributed by atoms with van der Waals surface area (Å²) in [5.41, 5.74) is 2.57. The van der Waals surface area contributed by atoms with E-state index in [1.54, 1.807) is 0 Å². The molecule has 1 aromatic heterocycles. The molecule has 0 aromatic carbocycles. The molecule has 17 heavy (non-hydrogen) atoms. The Morgan fingerprint density at radius 2 is 1.94 bits per heavy atom. The summed E-state index contributed by atoms with van der Waals surface area (Å²) in [7, 11) is 0. The zero-order valence-corrected chi connectivity index (χ0v) is 10.7. The molecule has 2 heterocycles. The third-order valence-corrected chi connectivity index (χ3v) is 3.84. The third kappa shape index (κ3) is 2.21. The van der Waals surface area contributed by atoms with Crippen LogP contribution in [0.25, 0.3) is 0 Å². The number of aryl methyl sites for hydroxylation is 1. The standard InChI is InChI=1S/C12H17N3OS/c17-11-9-3-1-2-4-10(9)13-12(14-11)15-5-7-16-8-6-15/h1-8H2,(H,13,14,17). The Labute approximate surface area is 106 Å². The van der Waals surface area contributed by atoms with E-state index in [0.717, 1.165) is 49.7 Å². The number of nitrogens with one attached hydrogen (secondary N) is 1. The predicted molar refractivity (Wildman–Crippen MR) is 69.1 cm³/mol. The van der Waals surface area contributed by atoms with Gasteiger partial charge in [0, 0.05) is 24.3 Å². The molecule has 92 valence electrons. The molecule has 0 saturated carbocycles. The molecular weight excluding hydrogens is 234 g/mol. The molecule has 3 rings (SSSR count). The van der Waals surface area contributed by atoms with Crippen molar-refractivity contribution in [1.82, 2.24) is 9.97 Å². The van der Waals surface area contributed by atoms with E-state index in [-0.39, 0.29) is 0 Å². The third-order valence-electron chi connectivity index (χ3n) is 3.51. The molecule has 2 aliphatic rings. The van der Waals surface area contributed by atoms with Gasteiger partial charge in [-0.25, -0.2) is 4.98 Å². The minimum Gasteiger partial charge on any atom is -0.378 e. The lowest BCUT2D eigenvalue weighted by molar-refractivity contribution is 0.122. The van der Waals surface area contributed by atoms with Crippen molar-refractivity contribution in [2.24, 2.45) is 0 Å². The van der Waals surface area contributed by atoms with Crippen LogP contribution in [-0.2, 0) is 17.6 Å². The van der Waals surface area contributed by atoms with Gasteiger partial charge in [-0.05, 0) is 25.7 Å². The van der Waals surface area contributed by atoms with Gasteiger partial charge in [0.2, 0.25) is 5.95 Å². The predicted octanol–water partition coefficient (Wildman–Crippen LogP) is 1.85. The highest BCUT2D eigenvalue weighted by Crippen LogP contribution is 2.22. The number of fused-ring (bicyclic) bond motifs is 1. The largest absolute Gasteiger partial charge is 0.378 e. The Bertz CT molecular complexity index is 465. The number of H-pyrrole nitrogens is 1. The Hall–Kier alpha value is -0.940. The van der Waals surface area contributed by atoms with Crippen LogP contribution in [0.5, 0.6) is 0 Å². The second-order valence-electron chi connectivity index (χ2n) is 4.63. The van der Waals surface area contributed by atoms with Crippen LogP contribution >= 0.6 is 12.2 Å². The summed E-state index contributed by atoms with van der Waals surface area (Å²) >= 11 is 5.41. The van der Waals surface area contributed by atoms with Crippen molar-refractivity contribution >= 4 is 18.2 Å². The first-order valence-corrected chi connectivity index (χ1v) is 6.70. The van der Waals surface area contributed by atoms with Crippen molar-refractivity contribution in [3.63, 3.8) is 0 Å². The molecule has 1 aliphatic heterocycles. The van der Waals surface area contributed by atoms with Crippen LogP contribution in [-0.4, -0.2) is 36.3 Å². The van der Waals surface area contributed by atoms with Gasteiger partial charge in [-0.2, -0.15) is 0 Å². The number of morpholine rings is 1. The van der Waals surface area contributed by atoms with Gasteiger partial charge in [0.1, 0.15) is 4.64 Å². The molecule has 0 amide bonds. The Kier molecular flexibility index (Phi) is 3.11. The number of aromatic amines is 1. The van der Waals surface area contributed by atoms with Crippen molar-refractivity contribution in [2.45, 2.75) is 25.7 Å². The normalized spacial score (nSPS) is 20.1. The van der Waals surface area contributed by atoms with Gasteiger partial charge in [-0.1, -0.05) is 12.2 Å². The number of hydrogen-bond donors (Lipinski definition) is 1. The highest BCUT2D eigenvalue weighted by molar-refractivity contribution is 7.71. The molecule has 0 atom stereocenters. The molecule has 1 saturated heterocycles. The molecule has 1 fully saturated rings. The summed E-state index contributed by atoms with van der Waals surface area (Å²) in [4.78, 5) is 10.2. The number of anilines is 1. The van der Waals surface area contributed by atoms with Gasteiger partial charge >= 0.3 is 0 Å². The molecule has 0 unspecified atom stereocenters. The number of aromatic nitrogens is 2. The highest BCUT2D eigenvalue weighted by Gasteiger charge is 2.17. The number of nitrogens with zero attached hydrogens (tertiary/aromatic N) is 2. The SMILES string of the molecule is S=c1nc(N2CCOCC2)[nH]c2c1CCCC2. The topological polar surface area (TPSA) is 41.2 Å². The maximum Gasteiger partial charge on any atom is 0.204 e. The second-order valence-corrected chi connectivity index (χ2v) is 5.02. The first-order valence-electron chi connectivity index (χ1n) is 6.29. The maximum atomic E-state index is 5.41. The van der Waals surface area contributed by atoms with Crippen LogP contribution in [0, 0.1) is 4.64 Å². The van der Waals surface area contributed by atoms with E-state index in [2.05, 4.69) is 14.9 Å². The quantitative estimate of drug-likeness (QED) is 0.773. The monoisotopic (exact) mass is 251 g/mol. The van der Waals surface area contributed by atoms with Crippen molar-refractivity contribution in [3.05, 3.63) is 15.9 Å². The minimum absolute atomic E-state index is 0.777. The fourth-order valence-electron chi connectivity index (χ4n) is 2.53. The summed E-state index contributed by atoms with van der Waals surface area (Å²) in [5, 5.41) is 0. The lowest BCUT2D eigenvalue weighted by Gasteiger charge is -2.28. The van der Waals surface area contributed by atoms with Crippen LogP contribution in [0.3, 0.4) is 0 Å². The van der Waals surface area contributed by atoms with Crippen molar-refractivity contribution < 1.29 is 4.74 Å².